The summed E-state index contributed by atoms with van der Waals surface area (Å²) >= 11 is 1.22. The SMILES string of the molecule is Cc1nc(Sc2ccc([N+](=O)[O-])cc2C=O)nc(C)c1C. The number of carbonyl (C=O) groups excluding carboxylic acids is 1. The highest BCUT2D eigenvalue weighted by Crippen LogP contribution is 2.30. The molecule has 0 bridgehead atoms. The summed E-state index contributed by atoms with van der Waals surface area (Å²) in [6, 6.07) is 4.16. The summed E-state index contributed by atoms with van der Waals surface area (Å²) in [5.74, 6) is 0. The normalized spacial score (nSPS) is 10.4. The molecule has 1 aromatic carbocycles. The third-order valence-corrected chi connectivity index (χ3v) is 4.10. The number of aryl methyl sites for hydroxylation is 2. The van der Waals surface area contributed by atoms with E-state index in [0.717, 1.165) is 17.0 Å². The van der Waals surface area contributed by atoms with Crippen LogP contribution in [-0.2, 0) is 0 Å². The molecule has 0 amide bonds. The molecule has 0 spiro atoms. The fourth-order valence-corrected chi connectivity index (χ4v) is 2.64. The number of aromatic nitrogens is 2. The summed E-state index contributed by atoms with van der Waals surface area (Å²) in [5.41, 5.74) is 2.92. The van der Waals surface area contributed by atoms with Gasteiger partial charge in [0.2, 0.25) is 0 Å². The topological polar surface area (TPSA) is 86.0 Å². The first kappa shape index (κ1) is 15.1. The molecular weight excluding hydrogens is 290 g/mol. The van der Waals surface area contributed by atoms with Gasteiger partial charge in [0, 0.05) is 34.0 Å². The van der Waals surface area contributed by atoms with Crippen molar-refractivity contribution in [1.29, 1.82) is 0 Å². The standard InChI is InChI=1S/C14H13N3O3S/c1-8-9(2)15-14(16-10(8)3)21-13-5-4-12(17(19)20)6-11(13)7-18/h4-7H,1-3H3. The highest BCUT2D eigenvalue weighted by molar-refractivity contribution is 7.99. The van der Waals surface area contributed by atoms with Crippen molar-refractivity contribution in [2.75, 3.05) is 0 Å². The smallest absolute Gasteiger partial charge is 0.270 e. The van der Waals surface area contributed by atoms with Gasteiger partial charge in [-0.05, 0) is 44.2 Å². The molecule has 0 aliphatic carbocycles. The van der Waals surface area contributed by atoms with Crippen LogP contribution in [0.25, 0.3) is 0 Å². The van der Waals surface area contributed by atoms with Crippen molar-refractivity contribution < 1.29 is 9.72 Å². The fraction of sp³-hybridized carbons (Fsp3) is 0.214. The van der Waals surface area contributed by atoms with Crippen LogP contribution in [0.15, 0.2) is 28.3 Å². The van der Waals surface area contributed by atoms with Gasteiger partial charge in [0.05, 0.1) is 4.92 Å². The Morgan fingerprint density at radius 2 is 1.81 bits per heavy atom. The van der Waals surface area contributed by atoms with Crippen LogP contribution in [0, 0.1) is 30.9 Å². The number of carbonyl (C=O) groups is 1. The van der Waals surface area contributed by atoms with Crippen molar-refractivity contribution in [2.24, 2.45) is 0 Å². The van der Waals surface area contributed by atoms with E-state index in [-0.39, 0.29) is 11.3 Å². The van der Waals surface area contributed by atoms with Gasteiger partial charge < -0.3 is 0 Å². The summed E-state index contributed by atoms with van der Waals surface area (Å²) in [4.78, 5) is 30.6. The van der Waals surface area contributed by atoms with Gasteiger partial charge in [-0.3, -0.25) is 14.9 Å². The average molecular weight is 303 g/mol. The van der Waals surface area contributed by atoms with Crippen LogP contribution in [0.2, 0.25) is 0 Å². The van der Waals surface area contributed by atoms with Crippen LogP contribution in [0.4, 0.5) is 5.69 Å². The number of nitro groups is 1. The Bertz CT molecular complexity index is 708. The first-order valence-electron chi connectivity index (χ1n) is 6.15. The highest BCUT2D eigenvalue weighted by atomic mass is 32.2. The van der Waals surface area contributed by atoms with Crippen LogP contribution in [0.1, 0.15) is 27.3 Å². The molecule has 0 unspecified atom stereocenters. The van der Waals surface area contributed by atoms with E-state index in [1.165, 1.54) is 23.9 Å². The molecule has 0 fully saturated rings. The van der Waals surface area contributed by atoms with E-state index in [9.17, 15) is 14.9 Å². The van der Waals surface area contributed by atoms with E-state index in [1.807, 2.05) is 20.8 Å². The van der Waals surface area contributed by atoms with Gasteiger partial charge in [0.1, 0.15) is 0 Å². The van der Waals surface area contributed by atoms with E-state index >= 15 is 0 Å². The summed E-state index contributed by atoms with van der Waals surface area (Å²) in [6.45, 7) is 5.73. The molecule has 2 aromatic rings. The zero-order valence-electron chi connectivity index (χ0n) is 11.8. The molecule has 0 saturated heterocycles. The van der Waals surface area contributed by atoms with Crippen molar-refractivity contribution in [2.45, 2.75) is 30.8 Å². The zero-order valence-corrected chi connectivity index (χ0v) is 12.6. The largest absolute Gasteiger partial charge is 0.298 e. The Morgan fingerprint density at radius 3 is 2.33 bits per heavy atom. The first-order chi connectivity index (χ1) is 9.92. The Labute approximate surface area is 125 Å². The molecule has 7 heteroatoms. The van der Waals surface area contributed by atoms with Gasteiger partial charge in [0.25, 0.3) is 5.69 Å². The maximum atomic E-state index is 11.1. The molecular formula is C14H13N3O3S. The monoisotopic (exact) mass is 303 g/mol. The second-order valence-electron chi connectivity index (χ2n) is 4.50. The molecule has 1 aromatic heterocycles. The van der Waals surface area contributed by atoms with E-state index in [2.05, 4.69) is 9.97 Å². The van der Waals surface area contributed by atoms with E-state index in [1.54, 1.807) is 6.07 Å². The molecule has 0 atom stereocenters. The lowest BCUT2D eigenvalue weighted by Crippen LogP contribution is -1.98. The number of benzene rings is 1. The maximum Gasteiger partial charge on any atom is 0.270 e. The number of nitrogens with zero attached hydrogens (tertiary/aromatic N) is 3. The van der Waals surface area contributed by atoms with Crippen LogP contribution >= 0.6 is 11.8 Å². The third kappa shape index (κ3) is 3.25. The molecule has 6 nitrogen and oxygen atoms in total. The fourth-order valence-electron chi connectivity index (χ4n) is 1.72. The van der Waals surface area contributed by atoms with Crippen molar-refractivity contribution >= 4 is 23.7 Å². The predicted octanol–water partition coefficient (Wildman–Crippen LogP) is 3.27. The molecule has 0 aliphatic rings. The van der Waals surface area contributed by atoms with Gasteiger partial charge >= 0.3 is 0 Å². The van der Waals surface area contributed by atoms with Crippen LogP contribution in [0.5, 0.6) is 0 Å². The molecule has 0 aliphatic heterocycles. The maximum absolute atomic E-state index is 11.1. The van der Waals surface area contributed by atoms with Gasteiger partial charge in [0.15, 0.2) is 11.4 Å². The molecule has 0 saturated carbocycles. The second-order valence-corrected chi connectivity index (χ2v) is 5.51. The Morgan fingerprint density at radius 1 is 1.19 bits per heavy atom. The molecule has 2 rings (SSSR count). The predicted molar refractivity (Wildman–Crippen MR) is 78.8 cm³/mol. The quantitative estimate of drug-likeness (QED) is 0.373. The Kier molecular flexibility index (Phi) is 4.32. The van der Waals surface area contributed by atoms with Gasteiger partial charge in [-0.1, -0.05) is 0 Å². The number of rotatable bonds is 4. The minimum Gasteiger partial charge on any atom is -0.298 e. The number of aldehydes is 1. The molecule has 21 heavy (non-hydrogen) atoms. The van der Waals surface area contributed by atoms with E-state index in [4.69, 9.17) is 0 Å². The van der Waals surface area contributed by atoms with Gasteiger partial charge in [-0.15, -0.1) is 0 Å². The molecule has 108 valence electrons. The Balaban J connectivity index is 2.40. The highest BCUT2D eigenvalue weighted by Gasteiger charge is 2.13. The first-order valence-corrected chi connectivity index (χ1v) is 6.97. The third-order valence-electron chi connectivity index (χ3n) is 3.14. The summed E-state index contributed by atoms with van der Waals surface area (Å²) in [7, 11) is 0. The van der Waals surface area contributed by atoms with Crippen molar-refractivity contribution in [3.8, 4) is 0 Å². The molecule has 1 heterocycles. The summed E-state index contributed by atoms with van der Waals surface area (Å²) < 4.78 is 0. The van der Waals surface area contributed by atoms with E-state index in [0.29, 0.717) is 16.3 Å². The average Bonchev–Trinajstić information content (AvgIpc) is 2.44. The number of hydrogen-bond acceptors (Lipinski definition) is 6. The molecule has 0 radical (unpaired) electrons. The van der Waals surface area contributed by atoms with Gasteiger partial charge in [-0.2, -0.15) is 0 Å². The zero-order chi connectivity index (χ0) is 15.6. The van der Waals surface area contributed by atoms with E-state index < -0.39 is 4.92 Å². The summed E-state index contributed by atoms with van der Waals surface area (Å²) in [5, 5.41) is 11.2. The van der Waals surface area contributed by atoms with Crippen molar-refractivity contribution in [1.82, 2.24) is 9.97 Å². The number of non-ortho nitro benzene ring substituents is 1. The lowest BCUT2D eigenvalue weighted by atomic mass is 10.2. The number of hydrogen-bond donors (Lipinski definition) is 0. The number of nitro benzene ring substituents is 1. The minimum atomic E-state index is -0.530. The lowest BCUT2D eigenvalue weighted by molar-refractivity contribution is -0.384. The molecule has 0 N–H and O–H groups in total. The van der Waals surface area contributed by atoms with Crippen LogP contribution in [0.3, 0.4) is 0 Å². The van der Waals surface area contributed by atoms with Crippen molar-refractivity contribution in [3.63, 3.8) is 0 Å². The second kappa shape index (κ2) is 6.01. The Hall–Kier alpha value is -2.28. The van der Waals surface area contributed by atoms with Crippen LogP contribution < -0.4 is 0 Å². The summed E-state index contributed by atoms with van der Waals surface area (Å²) in [6.07, 6.45) is 0.600. The lowest BCUT2D eigenvalue weighted by Gasteiger charge is -2.07. The minimum absolute atomic E-state index is 0.112. The van der Waals surface area contributed by atoms with Gasteiger partial charge in [-0.25, -0.2) is 9.97 Å². The van der Waals surface area contributed by atoms with Crippen LogP contribution in [-0.4, -0.2) is 21.2 Å². The van der Waals surface area contributed by atoms with Crippen molar-refractivity contribution in [3.05, 3.63) is 50.8 Å².